The van der Waals surface area contributed by atoms with Gasteiger partial charge in [0.2, 0.25) is 11.6 Å². The average Bonchev–Trinajstić information content (AvgIpc) is 3.22. The lowest BCUT2D eigenvalue weighted by Gasteiger charge is -2.02. The molecule has 0 amide bonds. The monoisotopic (exact) mass is 331 g/mol. The van der Waals surface area contributed by atoms with Gasteiger partial charge in [-0.15, -0.1) is 5.10 Å². The molecular weight excluding hydrogens is 320 g/mol. The maximum atomic E-state index is 13.6. The van der Waals surface area contributed by atoms with E-state index in [9.17, 15) is 18.4 Å². The van der Waals surface area contributed by atoms with E-state index in [-0.39, 0.29) is 35.7 Å². The Bertz CT molecular complexity index is 868. The Morgan fingerprint density at radius 2 is 1.79 bits per heavy atom. The van der Waals surface area contributed by atoms with E-state index in [0.29, 0.717) is 0 Å². The molecule has 2 aromatic heterocycles. The fourth-order valence-corrected chi connectivity index (χ4v) is 2.17. The van der Waals surface area contributed by atoms with E-state index in [0.717, 1.165) is 12.1 Å². The van der Waals surface area contributed by atoms with Crippen molar-refractivity contribution < 1.29 is 22.8 Å². The first-order chi connectivity index (χ1) is 11.5. The minimum Gasteiger partial charge on any atom is -0.465 e. The van der Waals surface area contributed by atoms with Gasteiger partial charge in [0.1, 0.15) is 29.5 Å². The van der Waals surface area contributed by atoms with Crippen molar-refractivity contribution in [3.05, 3.63) is 71.2 Å². The Kier molecular flexibility index (Phi) is 4.28. The summed E-state index contributed by atoms with van der Waals surface area (Å²) in [6.07, 6.45) is 0.809. The van der Waals surface area contributed by atoms with Gasteiger partial charge in [0.25, 0.3) is 5.78 Å². The number of hydrogen-bond donors (Lipinski definition) is 1. The highest BCUT2D eigenvalue weighted by molar-refractivity contribution is 6.42. The van der Waals surface area contributed by atoms with Crippen LogP contribution in [0.2, 0.25) is 0 Å². The largest absolute Gasteiger partial charge is 0.465 e. The quantitative estimate of drug-likeness (QED) is 0.553. The van der Waals surface area contributed by atoms with Gasteiger partial charge in [-0.1, -0.05) is 6.07 Å². The Morgan fingerprint density at radius 3 is 2.46 bits per heavy atom. The van der Waals surface area contributed by atoms with Crippen LogP contribution in [-0.4, -0.2) is 26.7 Å². The zero-order valence-electron chi connectivity index (χ0n) is 12.3. The molecule has 0 fully saturated rings. The standard InChI is InChI=1S/C16H11F2N3O3/c17-12-2-1-3-13(18)11(12)6-9-4-5-10(24-9)7-14(22)15(23)16-19-8-20-21-16/h1-5,8H,6-7H2,(H,19,20,21). The summed E-state index contributed by atoms with van der Waals surface area (Å²) in [5.41, 5.74) is -0.124. The predicted molar refractivity (Wildman–Crippen MR) is 77.3 cm³/mol. The summed E-state index contributed by atoms with van der Waals surface area (Å²) in [4.78, 5) is 27.2. The number of nitrogens with one attached hydrogen (secondary N) is 1. The molecule has 24 heavy (non-hydrogen) atoms. The van der Waals surface area contributed by atoms with Crippen molar-refractivity contribution >= 4 is 11.6 Å². The second-order valence-corrected chi connectivity index (χ2v) is 5.00. The van der Waals surface area contributed by atoms with Crippen molar-refractivity contribution in [2.75, 3.05) is 0 Å². The smallest absolute Gasteiger partial charge is 0.268 e. The predicted octanol–water partition coefficient (Wildman–Crippen LogP) is 2.26. The number of rotatable bonds is 6. The summed E-state index contributed by atoms with van der Waals surface area (Å²) in [5.74, 6) is -2.66. The van der Waals surface area contributed by atoms with Crippen molar-refractivity contribution in [2.45, 2.75) is 12.8 Å². The van der Waals surface area contributed by atoms with Gasteiger partial charge in [-0.2, -0.15) is 0 Å². The Hall–Kier alpha value is -3.16. The van der Waals surface area contributed by atoms with Gasteiger partial charge in [0.15, 0.2) is 0 Å². The average molecular weight is 331 g/mol. The fraction of sp³-hybridized carbons (Fsp3) is 0.125. The number of Topliss-reactive ketones (excluding diaryl/α,β-unsaturated/α-hetero) is 2. The van der Waals surface area contributed by atoms with Crippen LogP contribution >= 0.6 is 0 Å². The molecule has 1 aromatic carbocycles. The molecule has 2 heterocycles. The molecule has 0 aliphatic carbocycles. The third kappa shape index (κ3) is 3.27. The molecule has 1 N–H and O–H groups in total. The number of nitrogens with zero attached hydrogens (tertiary/aromatic N) is 2. The molecule has 3 rings (SSSR count). The molecule has 0 atom stereocenters. The normalized spacial score (nSPS) is 10.8. The van der Waals surface area contributed by atoms with Crippen LogP contribution < -0.4 is 0 Å². The van der Waals surface area contributed by atoms with Crippen LogP contribution in [0, 0.1) is 11.6 Å². The number of aromatic nitrogens is 3. The number of benzene rings is 1. The van der Waals surface area contributed by atoms with Crippen molar-refractivity contribution in [3.8, 4) is 0 Å². The number of carbonyl (C=O) groups excluding carboxylic acids is 2. The summed E-state index contributed by atoms with van der Waals surface area (Å²) < 4.78 is 32.6. The maximum Gasteiger partial charge on any atom is 0.268 e. The molecule has 0 saturated heterocycles. The molecule has 122 valence electrons. The number of halogens is 2. The minimum atomic E-state index is -0.839. The van der Waals surface area contributed by atoms with E-state index in [1.165, 1.54) is 24.5 Å². The van der Waals surface area contributed by atoms with Gasteiger partial charge in [-0.25, -0.2) is 13.8 Å². The summed E-state index contributed by atoms with van der Waals surface area (Å²) >= 11 is 0. The molecule has 0 aliphatic rings. The van der Waals surface area contributed by atoms with Gasteiger partial charge in [0, 0.05) is 12.0 Å². The highest BCUT2D eigenvalue weighted by Crippen LogP contribution is 2.19. The highest BCUT2D eigenvalue weighted by atomic mass is 19.1. The topological polar surface area (TPSA) is 88.9 Å². The van der Waals surface area contributed by atoms with Crippen molar-refractivity contribution in [1.82, 2.24) is 15.2 Å². The molecule has 0 radical (unpaired) electrons. The van der Waals surface area contributed by atoms with E-state index in [1.54, 1.807) is 0 Å². The second-order valence-electron chi connectivity index (χ2n) is 5.00. The first-order valence-electron chi connectivity index (χ1n) is 6.98. The number of ketones is 2. The van der Waals surface area contributed by atoms with Crippen molar-refractivity contribution in [2.24, 2.45) is 0 Å². The lowest BCUT2D eigenvalue weighted by Crippen LogP contribution is -2.17. The molecule has 8 heteroatoms. The zero-order chi connectivity index (χ0) is 17.1. The lowest BCUT2D eigenvalue weighted by molar-refractivity contribution is -0.114. The minimum absolute atomic E-state index is 0.0957. The second kappa shape index (κ2) is 6.53. The highest BCUT2D eigenvalue weighted by Gasteiger charge is 2.21. The lowest BCUT2D eigenvalue weighted by atomic mass is 10.1. The number of aromatic amines is 1. The van der Waals surface area contributed by atoms with E-state index in [2.05, 4.69) is 15.2 Å². The van der Waals surface area contributed by atoms with Crippen LogP contribution in [0.15, 0.2) is 41.1 Å². The molecule has 0 saturated carbocycles. The first kappa shape index (κ1) is 15.7. The first-order valence-corrected chi connectivity index (χ1v) is 6.98. The summed E-state index contributed by atoms with van der Waals surface area (Å²) in [6.45, 7) is 0. The van der Waals surface area contributed by atoms with E-state index in [4.69, 9.17) is 4.42 Å². The third-order valence-corrected chi connectivity index (χ3v) is 3.34. The number of H-pyrrole nitrogens is 1. The van der Waals surface area contributed by atoms with Crippen LogP contribution in [0.5, 0.6) is 0 Å². The van der Waals surface area contributed by atoms with Crippen molar-refractivity contribution in [1.29, 1.82) is 0 Å². The molecule has 0 unspecified atom stereocenters. The van der Waals surface area contributed by atoms with Gasteiger partial charge in [0.05, 0.1) is 6.42 Å². The third-order valence-electron chi connectivity index (χ3n) is 3.34. The van der Waals surface area contributed by atoms with Crippen LogP contribution in [0.1, 0.15) is 27.7 Å². The summed E-state index contributed by atoms with van der Waals surface area (Å²) in [6, 6.07) is 6.57. The van der Waals surface area contributed by atoms with Crippen LogP contribution in [0.3, 0.4) is 0 Å². The number of hydrogen-bond acceptors (Lipinski definition) is 5. The maximum absolute atomic E-state index is 13.6. The molecule has 0 bridgehead atoms. The summed E-state index contributed by atoms with van der Waals surface area (Å²) in [5, 5.41) is 5.88. The molecular formula is C16H11F2N3O3. The number of furan rings is 1. The van der Waals surface area contributed by atoms with Crippen molar-refractivity contribution in [3.63, 3.8) is 0 Å². The van der Waals surface area contributed by atoms with E-state index < -0.39 is 23.2 Å². The van der Waals surface area contributed by atoms with Crippen LogP contribution in [0.25, 0.3) is 0 Å². The SMILES string of the molecule is O=C(Cc1ccc(Cc2c(F)cccc2F)o1)C(=O)c1nc[nH]n1. The molecule has 6 nitrogen and oxygen atoms in total. The van der Waals surface area contributed by atoms with Gasteiger partial charge < -0.3 is 4.42 Å². The summed E-state index contributed by atoms with van der Waals surface area (Å²) in [7, 11) is 0. The van der Waals surface area contributed by atoms with Gasteiger partial charge >= 0.3 is 0 Å². The zero-order valence-corrected chi connectivity index (χ0v) is 12.3. The van der Waals surface area contributed by atoms with E-state index in [1.807, 2.05) is 0 Å². The number of carbonyl (C=O) groups is 2. The van der Waals surface area contributed by atoms with Crippen LogP contribution in [-0.2, 0) is 17.6 Å². The Morgan fingerprint density at radius 1 is 1.08 bits per heavy atom. The molecule has 0 spiro atoms. The fourth-order valence-electron chi connectivity index (χ4n) is 2.17. The van der Waals surface area contributed by atoms with Crippen LogP contribution in [0.4, 0.5) is 8.78 Å². The van der Waals surface area contributed by atoms with E-state index >= 15 is 0 Å². The Balaban J connectivity index is 1.70. The van der Waals surface area contributed by atoms with Gasteiger partial charge in [-0.3, -0.25) is 14.7 Å². The Labute approximate surface area is 134 Å². The van der Waals surface area contributed by atoms with Gasteiger partial charge in [-0.05, 0) is 24.3 Å². The molecule has 3 aromatic rings. The molecule has 0 aliphatic heterocycles.